The van der Waals surface area contributed by atoms with Crippen molar-refractivity contribution in [1.82, 2.24) is 4.90 Å². The van der Waals surface area contributed by atoms with Gasteiger partial charge < -0.3 is 15.2 Å². The van der Waals surface area contributed by atoms with Crippen LogP contribution in [0.4, 0.5) is 0 Å². The number of carbonyl (C=O) groups is 1. The van der Waals surface area contributed by atoms with Gasteiger partial charge in [-0.25, -0.2) is 4.79 Å². The van der Waals surface area contributed by atoms with E-state index in [9.17, 15) is 4.79 Å². The highest BCUT2D eigenvalue weighted by molar-refractivity contribution is 5.71. The number of nitrogens with two attached hydrogens (primary N) is 1. The average Bonchev–Trinajstić information content (AvgIpc) is 2.75. The third kappa shape index (κ3) is 3.99. The lowest BCUT2D eigenvalue weighted by Crippen LogP contribution is -2.28. The van der Waals surface area contributed by atoms with Crippen LogP contribution in [-0.4, -0.2) is 43.7 Å². The Bertz CT molecular complexity index is 512. The van der Waals surface area contributed by atoms with Gasteiger partial charge in [0.05, 0.1) is 7.11 Å². The molecule has 0 aliphatic carbocycles. The highest BCUT2D eigenvalue weighted by atomic mass is 16.6. The molecular weight excluding hydrogens is 280 g/mol. The summed E-state index contributed by atoms with van der Waals surface area (Å²) in [7, 11) is 1.36. The Morgan fingerprint density at radius 3 is 2.45 bits per heavy atom. The standard InChI is InChI=1S/C17H26N2O3/c1-11-5-14(8-19-7-13(3)15(18)9-19)6-12(2)17(11)22-10-16(20)21-4/h5-6,13,15H,7-10,18H2,1-4H3. The van der Waals surface area contributed by atoms with Crippen molar-refractivity contribution in [1.29, 1.82) is 0 Å². The number of benzene rings is 1. The molecule has 1 aromatic rings. The molecule has 2 unspecified atom stereocenters. The van der Waals surface area contributed by atoms with Gasteiger partial charge >= 0.3 is 5.97 Å². The van der Waals surface area contributed by atoms with Crippen molar-refractivity contribution in [2.45, 2.75) is 33.4 Å². The van der Waals surface area contributed by atoms with Crippen LogP contribution < -0.4 is 10.5 Å². The summed E-state index contributed by atoms with van der Waals surface area (Å²) in [5.74, 6) is 0.938. The fourth-order valence-corrected chi connectivity index (χ4v) is 3.03. The average molecular weight is 306 g/mol. The lowest BCUT2D eigenvalue weighted by atomic mass is 10.1. The van der Waals surface area contributed by atoms with E-state index < -0.39 is 0 Å². The summed E-state index contributed by atoms with van der Waals surface area (Å²) in [6.07, 6.45) is 0. The summed E-state index contributed by atoms with van der Waals surface area (Å²) in [6.45, 7) is 9.03. The van der Waals surface area contributed by atoms with Crippen LogP contribution in [0.1, 0.15) is 23.6 Å². The Kier molecular flexibility index (Phi) is 5.42. The second-order valence-electron chi connectivity index (χ2n) is 6.26. The number of rotatable bonds is 5. The Hall–Kier alpha value is -1.59. The van der Waals surface area contributed by atoms with Crippen molar-refractivity contribution in [2.24, 2.45) is 11.7 Å². The van der Waals surface area contributed by atoms with Crippen molar-refractivity contribution in [3.63, 3.8) is 0 Å². The second-order valence-corrected chi connectivity index (χ2v) is 6.26. The quantitative estimate of drug-likeness (QED) is 0.838. The number of ether oxygens (including phenoxy) is 2. The Morgan fingerprint density at radius 1 is 1.32 bits per heavy atom. The molecule has 0 bridgehead atoms. The number of nitrogens with zero attached hydrogens (tertiary/aromatic N) is 1. The van der Waals surface area contributed by atoms with E-state index in [4.69, 9.17) is 10.5 Å². The number of carbonyl (C=O) groups excluding carboxylic acids is 1. The number of hydrogen-bond donors (Lipinski definition) is 1. The van der Waals surface area contributed by atoms with Gasteiger partial charge in [0, 0.05) is 25.7 Å². The van der Waals surface area contributed by atoms with Crippen molar-refractivity contribution >= 4 is 5.97 Å². The van der Waals surface area contributed by atoms with E-state index in [-0.39, 0.29) is 18.6 Å². The smallest absolute Gasteiger partial charge is 0.343 e. The second kappa shape index (κ2) is 7.11. The van der Waals surface area contributed by atoms with E-state index in [1.165, 1.54) is 12.7 Å². The summed E-state index contributed by atoms with van der Waals surface area (Å²) in [5, 5.41) is 0. The molecule has 1 saturated heterocycles. The van der Waals surface area contributed by atoms with Crippen LogP contribution in [0.25, 0.3) is 0 Å². The molecule has 2 N–H and O–H groups in total. The molecule has 1 aliphatic heterocycles. The monoisotopic (exact) mass is 306 g/mol. The van der Waals surface area contributed by atoms with Crippen LogP contribution in [0.5, 0.6) is 5.75 Å². The Balaban J connectivity index is 2.04. The van der Waals surface area contributed by atoms with Gasteiger partial charge in [0.1, 0.15) is 5.75 Å². The number of methoxy groups -OCH3 is 1. The topological polar surface area (TPSA) is 64.8 Å². The van der Waals surface area contributed by atoms with Gasteiger partial charge in [0.2, 0.25) is 0 Å². The van der Waals surface area contributed by atoms with E-state index in [1.54, 1.807) is 0 Å². The van der Waals surface area contributed by atoms with Gasteiger partial charge in [0.15, 0.2) is 6.61 Å². The molecule has 2 atom stereocenters. The maximum atomic E-state index is 11.2. The lowest BCUT2D eigenvalue weighted by Gasteiger charge is -2.18. The molecule has 1 fully saturated rings. The molecule has 0 spiro atoms. The summed E-state index contributed by atoms with van der Waals surface area (Å²) in [5.41, 5.74) is 9.41. The summed E-state index contributed by atoms with van der Waals surface area (Å²) < 4.78 is 10.2. The maximum Gasteiger partial charge on any atom is 0.343 e. The summed E-state index contributed by atoms with van der Waals surface area (Å²) in [4.78, 5) is 13.6. The molecule has 22 heavy (non-hydrogen) atoms. The number of hydrogen-bond acceptors (Lipinski definition) is 5. The minimum absolute atomic E-state index is 0.0595. The first kappa shape index (κ1) is 16.8. The van der Waals surface area contributed by atoms with Crippen LogP contribution in [0.3, 0.4) is 0 Å². The zero-order valence-corrected chi connectivity index (χ0v) is 13.9. The van der Waals surface area contributed by atoms with Crippen molar-refractivity contribution < 1.29 is 14.3 Å². The molecule has 122 valence electrons. The minimum Gasteiger partial charge on any atom is -0.481 e. The third-order valence-electron chi connectivity index (χ3n) is 4.23. The molecule has 5 heteroatoms. The lowest BCUT2D eigenvalue weighted by molar-refractivity contribution is -0.142. The highest BCUT2D eigenvalue weighted by Gasteiger charge is 2.26. The number of esters is 1. The van der Waals surface area contributed by atoms with Crippen molar-refractivity contribution in [3.8, 4) is 5.75 Å². The zero-order chi connectivity index (χ0) is 16.3. The van der Waals surface area contributed by atoms with Crippen LogP contribution in [0.15, 0.2) is 12.1 Å². The molecule has 1 heterocycles. The molecule has 1 aliphatic rings. The molecular formula is C17H26N2O3. The van der Waals surface area contributed by atoms with Crippen molar-refractivity contribution in [3.05, 3.63) is 28.8 Å². The third-order valence-corrected chi connectivity index (χ3v) is 4.23. The summed E-state index contributed by atoms with van der Waals surface area (Å²) in [6, 6.07) is 4.51. The van der Waals surface area contributed by atoms with Gasteiger partial charge in [-0.15, -0.1) is 0 Å². The number of aryl methyl sites for hydroxylation is 2. The van der Waals surface area contributed by atoms with Gasteiger partial charge in [-0.05, 0) is 36.5 Å². The molecule has 0 aromatic heterocycles. The van der Waals surface area contributed by atoms with Gasteiger partial charge in [0.25, 0.3) is 0 Å². The molecule has 0 saturated carbocycles. The Labute approximate surface area is 132 Å². The first-order valence-electron chi connectivity index (χ1n) is 7.68. The first-order chi connectivity index (χ1) is 10.4. The van der Waals surface area contributed by atoms with Gasteiger partial charge in [-0.3, -0.25) is 4.90 Å². The fraction of sp³-hybridized carbons (Fsp3) is 0.588. The molecule has 1 aromatic carbocycles. The van der Waals surface area contributed by atoms with E-state index in [2.05, 4.69) is 28.7 Å². The molecule has 2 rings (SSSR count). The normalized spacial score (nSPS) is 21.9. The van der Waals surface area contributed by atoms with E-state index >= 15 is 0 Å². The van der Waals surface area contributed by atoms with Crippen LogP contribution >= 0.6 is 0 Å². The predicted octanol–water partition coefficient (Wildman–Crippen LogP) is 1.63. The van der Waals surface area contributed by atoms with Crippen LogP contribution in [0.2, 0.25) is 0 Å². The van der Waals surface area contributed by atoms with Crippen molar-refractivity contribution in [2.75, 3.05) is 26.8 Å². The Morgan fingerprint density at radius 2 is 1.95 bits per heavy atom. The first-order valence-corrected chi connectivity index (χ1v) is 7.68. The SMILES string of the molecule is COC(=O)COc1c(C)cc(CN2CC(C)C(N)C2)cc1C. The number of likely N-dealkylation sites (tertiary alicyclic amines) is 1. The minimum atomic E-state index is -0.372. The highest BCUT2D eigenvalue weighted by Crippen LogP contribution is 2.26. The molecule has 0 radical (unpaired) electrons. The van der Waals surface area contributed by atoms with E-state index in [0.717, 1.165) is 36.5 Å². The van der Waals surface area contributed by atoms with Gasteiger partial charge in [-0.2, -0.15) is 0 Å². The molecule has 5 nitrogen and oxygen atoms in total. The fourth-order valence-electron chi connectivity index (χ4n) is 3.03. The van der Waals surface area contributed by atoms with Gasteiger partial charge in [-0.1, -0.05) is 19.1 Å². The van der Waals surface area contributed by atoms with Crippen LogP contribution in [0, 0.1) is 19.8 Å². The van der Waals surface area contributed by atoms with E-state index in [0.29, 0.717) is 5.92 Å². The largest absolute Gasteiger partial charge is 0.481 e. The zero-order valence-electron chi connectivity index (χ0n) is 13.9. The van der Waals surface area contributed by atoms with Crippen LogP contribution in [-0.2, 0) is 16.1 Å². The molecule has 0 amide bonds. The predicted molar refractivity (Wildman–Crippen MR) is 85.8 cm³/mol. The van der Waals surface area contributed by atoms with E-state index in [1.807, 2.05) is 13.8 Å². The summed E-state index contributed by atoms with van der Waals surface area (Å²) >= 11 is 0. The maximum absolute atomic E-state index is 11.2.